The normalized spacial score (nSPS) is 15.8. The molecule has 2 heterocycles. The van der Waals surface area contributed by atoms with Crippen LogP contribution in [0.1, 0.15) is 24.3 Å². The predicted octanol–water partition coefficient (Wildman–Crippen LogP) is 4.81. The van der Waals surface area contributed by atoms with Gasteiger partial charge in [-0.25, -0.2) is 0 Å². The van der Waals surface area contributed by atoms with Crippen molar-refractivity contribution >= 4 is 71.6 Å². The molecule has 0 saturated heterocycles. The molecule has 1 aliphatic heterocycles. The van der Waals surface area contributed by atoms with E-state index in [2.05, 4.69) is 78.7 Å². The zero-order valence-corrected chi connectivity index (χ0v) is 21.7. The van der Waals surface area contributed by atoms with Gasteiger partial charge in [0.05, 0.1) is 0 Å². The molecule has 3 aromatic carbocycles. The number of nitrogens with zero attached hydrogens (tertiary/aromatic N) is 1. The SMILES string of the molecule is C[Si]1(C)c2ccccc2N(c2ccc(C=C3C(=O)c4ccccc4C3=O)[te]2)c2ccccc21. The van der Waals surface area contributed by atoms with E-state index < -0.39 is 28.5 Å². The average Bonchev–Trinajstić information content (AvgIpc) is 3.39. The zero-order valence-electron chi connectivity index (χ0n) is 18.3. The number of carbonyl (C=O) groups is 2. The summed E-state index contributed by atoms with van der Waals surface area (Å²) in [5, 5.41) is 2.89. The second kappa shape index (κ2) is 7.53. The maximum atomic E-state index is 12.9. The molecule has 0 unspecified atom stereocenters. The Morgan fingerprint density at radius 1 is 0.697 bits per heavy atom. The third kappa shape index (κ3) is 3.08. The van der Waals surface area contributed by atoms with Crippen molar-refractivity contribution in [2.24, 2.45) is 0 Å². The molecular formula is C28H21NO2SiTe. The van der Waals surface area contributed by atoms with Crippen LogP contribution >= 0.6 is 0 Å². The van der Waals surface area contributed by atoms with Crippen molar-refractivity contribution in [1.29, 1.82) is 0 Å². The fourth-order valence-corrected chi connectivity index (χ4v) is 10.8. The van der Waals surface area contributed by atoms with Gasteiger partial charge in [-0.05, 0) is 0 Å². The Labute approximate surface area is 203 Å². The maximum absolute atomic E-state index is 12.9. The van der Waals surface area contributed by atoms with Crippen molar-refractivity contribution in [1.82, 2.24) is 0 Å². The summed E-state index contributed by atoms with van der Waals surface area (Å²) in [7, 11) is -1.80. The van der Waals surface area contributed by atoms with E-state index in [4.69, 9.17) is 0 Å². The molecule has 33 heavy (non-hydrogen) atoms. The first-order valence-corrected chi connectivity index (χ1v) is 16.3. The summed E-state index contributed by atoms with van der Waals surface area (Å²) in [4.78, 5) is 28.1. The second-order valence-corrected chi connectivity index (χ2v) is 16.4. The Morgan fingerprint density at radius 3 is 1.79 bits per heavy atom. The molecule has 0 atom stereocenters. The van der Waals surface area contributed by atoms with E-state index >= 15 is 0 Å². The van der Waals surface area contributed by atoms with Crippen LogP contribution in [0.25, 0.3) is 6.08 Å². The molecule has 2 aliphatic rings. The van der Waals surface area contributed by atoms with Crippen molar-refractivity contribution < 1.29 is 9.59 Å². The molecular weight excluding hydrogens is 538 g/mol. The molecule has 0 fully saturated rings. The van der Waals surface area contributed by atoms with Crippen molar-refractivity contribution in [3.8, 4) is 0 Å². The fraction of sp³-hybridized carbons (Fsp3) is 0.0714. The van der Waals surface area contributed by atoms with Gasteiger partial charge in [-0.2, -0.15) is 0 Å². The Hall–Kier alpha value is -2.97. The van der Waals surface area contributed by atoms with Crippen molar-refractivity contribution in [3.63, 3.8) is 0 Å². The van der Waals surface area contributed by atoms with Crippen LogP contribution in [0.2, 0.25) is 13.1 Å². The van der Waals surface area contributed by atoms with Crippen LogP contribution in [0.4, 0.5) is 15.1 Å². The zero-order chi connectivity index (χ0) is 22.7. The van der Waals surface area contributed by atoms with Crippen molar-refractivity contribution in [3.05, 3.63) is 105 Å². The first-order valence-electron chi connectivity index (χ1n) is 11.0. The summed E-state index contributed by atoms with van der Waals surface area (Å²) in [5.74, 6) is -0.308. The van der Waals surface area contributed by atoms with E-state index in [1.807, 2.05) is 18.2 Å². The number of ketones is 2. The van der Waals surface area contributed by atoms with Crippen LogP contribution in [0, 0.1) is 0 Å². The number of fused-ring (bicyclic) bond motifs is 3. The van der Waals surface area contributed by atoms with Crippen LogP contribution in [-0.2, 0) is 0 Å². The van der Waals surface area contributed by atoms with Gasteiger partial charge < -0.3 is 0 Å². The van der Waals surface area contributed by atoms with Gasteiger partial charge in [-0.1, -0.05) is 0 Å². The molecule has 6 rings (SSSR count). The number of hydrogen-bond acceptors (Lipinski definition) is 3. The number of rotatable bonds is 2. The average molecular weight is 559 g/mol. The molecule has 160 valence electrons. The molecule has 1 aliphatic carbocycles. The first kappa shape index (κ1) is 20.6. The number of Topliss-reactive ketones (excluding diaryl/α,β-unsaturated/α-hetero) is 2. The molecule has 4 aromatic rings. The van der Waals surface area contributed by atoms with Crippen LogP contribution < -0.4 is 15.3 Å². The van der Waals surface area contributed by atoms with Gasteiger partial charge in [-0.3, -0.25) is 0 Å². The van der Waals surface area contributed by atoms with E-state index in [1.54, 1.807) is 12.1 Å². The van der Waals surface area contributed by atoms with Gasteiger partial charge in [0.25, 0.3) is 0 Å². The number of hydrogen-bond donors (Lipinski definition) is 0. The predicted molar refractivity (Wildman–Crippen MR) is 138 cm³/mol. The van der Waals surface area contributed by atoms with Gasteiger partial charge in [0.15, 0.2) is 0 Å². The van der Waals surface area contributed by atoms with Crippen LogP contribution in [-0.4, -0.2) is 40.1 Å². The van der Waals surface area contributed by atoms with Gasteiger partial charge in [-0.15, -0.1) is 0 Å². The standard InChI is InChI=1S/C28H21NO2SiTe/c1-32(2)24-13-7-5-11-22(24)29(23-12-6-8-14-25(23)32)26-16-15-18(33-26)17-21-27(30)19-9-3-4-10-20(19)28(21)31/h3-17H,1-2H3. The Kier molecular flexibility index (Phi) is 4.71. The molecule has 1 aromatic heterocycles. The molecule has 0 saturated carbocycles. The fourth-order valence-electron chi connectivity index (χ4n) is 4.99. The van der Waals surface area contributed by atoms with E-state index in [1.165, 1.54) is 25.5 Å². The summed E-state index contributed by atoms with van der Waals surface area (Å²) in [6, 6.07) is 28.9. The van der Waals surface area contributed by atoms with Gasteiger partial charge in [0.2, 0.25) is 0 Å². The number of allylic oxidation sites excluding steroid dienone is 1. The number of benzene rings is 3. The van der Waals surface area contributed by atoms with E-state index in [-0.39, 0.29) is 11.6 Å². The Balaban J connectivity index is 1.45. The third-order valence-electron chi connectivity index (χ3n) is 6.66. The third-order valence-corrected chi connectivity index (χ3v) is 13.1. The van der Waals surface area contributed by atoms with Gasteiger partial charge in [0, 0.05) is 0 Å². The number of para-hydroxylation sites is 2. The summed E-state index contributed by atoms with van der Waals surface area (Å²) in [6.07, 6.45) is 1.84. The van der Waals surface area contributed by atoms with Crippen LogP contribution in [0.3, 0.4) is 0 Å². The monoisotopic (exact) mass is 561 g/mol. The molecule has 0 spiro atoms. The summed E-state index contributed by atoms with van der Waals surface area (Å²) >= 11 is -0.772. The van der Waals surface area contributed by atoms with Crippen LogP contribution in [0.15, 0.2) is 90.5 Å². The van der Waals surface area contributed by atoms with E-state index in [9.17, 15) is 9.59 Å². The summed E-state index contributed by atoms with van der Waals surface area (Å²) in [6.45, 7) is 4.84. The summed E-state index contributed by atoms with van der Waals surface area (Å²) in [5.41, 5.74) is 3.88. The number of anilines is 3. The molecule has 3 nitrogen and oxygen atoms in total. The van der Waals surface area contributed by atoms with Crippen molar-refractivity contribution in [2.75, 3.05) is 4.90 Å². The molecule has 0 bridgehead atoms. The minimum absolute atomic E-state index is 0.154. The van der Waals surface area contributed by atoms with Crippen LogP contribution in [0.5, 0.6) is 0 Å². The first-order chi connectivity index (χ1) is 16.0. The summed E-state index contributed by atoms with van der Waals surface area (Å²) < 4.78 is 2.39. The van der Waals surface area contributed by atoms with E-state index in [0.29, 0.717) is 16.7 Å². The quantitative estimate of drug-likeness (QED) is 0.201. The Bertz CT molecular complexity index is 1410. The van der Waals surface area contributed by atoms with E-state index in [0.717, 1.165) is 3.58 Å². The molecule has 5 heteroatoms. The molecule has 0 N–H and O–H groups in total. The molecule has 0 amide bonds. The van der Waals surface area contributed by atoms with Gasteiger partial charge in [0.1, 0.15) is 0 Å². The Morgan fingerprint density at radius 2 is 1.21 bits per heavy atom. The molecule has 0 radical (unpaired) electrons. The second-order valence-electron chi connectivity index (χ2n) is 8.93. The van der Waals surface area contributed by atoms with Crippen molar-refractivity contribution in [2.45, 2.75) is 13.1 Å². The topological polar surface area (TPSA) is 37.4 Å². The number of carbonyl (C=O) groups excluding carboxylic acids is 2. The minimum atomic E-state index is -1.80. The van der Waals surface area contributed by atoms with Gasteiger partial charge >= 0.3 is 204 Å².